The number of carbonyl (C=O) groups is 1. The van der Waals surface area contributed by atoms with Crippen LogP contribution in [0.4, 0.5) is 0 Å². The lowest BCUT2D eigenvalue weighted by Crippen LogP contribution is -2.17. The molecular formula is C19H20N2O4. The molecule has 0 spiro atoms. The molecule has 0 N–H and O–H groups in total. The summed E-state index contributed by atoms with van der Waals surface area (Å²) in [5.74, 6) is 1.47. The van der Waals surface area contributed by atoms with Crippen LogP contribution in [0.1, 0.15) is 27.6 Å². The van der Waals surface area contributed by atoms with Crippen molar-refractivity contribution >= 4 is 5.97 Å². The van der Waals surface area contributed by atoms with E-state index in [4.69, 9.17) is 13.6 Å². The molecule has 3 rings (SSSR count). The van der Waals surface area contributed by atoms with Gasteiger partial charge in [0.25, 0.3) is 0 Å². The first-order valence-corrected chi connectivity index (χ1v) is 7.93. The van der Waals surface area contributed by atoms with Gasteiger partial charge in [0.15, 0.2) is 0 Å². The Bertz CT molecular complexity index is 851. The molecule has 2 aromatic heterocycles. The van der Waals surface area contributed by atoms with E-state index in [-0.39, 0.29) is 5.97 Å². The number of hydrogen-bond acceptors (Lipinski definition) is 6. The van der Waals surface area contributed by atoms with Gasteiger partial charge in [-0.3, -0.25) is 4.90 Å². The summed E-state index contributed by atoms with van der Waals surface area (Å²) in [7, 11) is 3.31. The molecule has 6 heteroatoms. The molecule has 0 fully saturated rings. The minimum atomic E-state index is -0.390. The van der Waals surface area contributed by atoms with E-state index < -0.39 is 0 Å². The fourth-order valence-corrected chi connectivity index (χ4v) is 2.63. The number of nitrogens with zero attached hydrogens (tertiary/aromatic N) is 2. The van der Waals surface area contributed by atoms with Gasteiger partial charge in [-0.15, -0.1) is 0 Å². The molecule has 6 nitrogen and oxygen atoms in total. The summed E-state index contributed by atoms with van der Waals surface area (Å²) < 4.78 is 15.9. The summed E-state index contributed by atoms with van der Waals surface area (Å²) in [6, 6.07) is 11.5. The summed E-state index contributed by atoms with van der Waals surface area (Å²) in [6.07, 6.45) is 1.66. The number of furan rings is 1. The van der Waals surface area contributed by atoms with Crippen molar-refractivity contribution in [2.75, 3.05) is 14.2 Å². The third-order valence-corrected chi connectivity index (χ3v) is 3.80. The fraction of sp³-hybridized carbons (Fsp3) is 0.263. The van der Waals surface area contributed by atoms with E-state index in [1.165, 1.54) is 7.11 Å². The van der Waals surface area contributed by atoms with Crippen LogP contribution in [0.3, 0.4) is 0 Å². The van der Waals surface area contributed by atoms with Crippen LogP contribution >= 0.6 is 0 Å². The molecule has 0 aliphatic carbocycles. The molecule has 0 unspecified atom stereocenters. The second-order valence-electron chi connectivity index (χ2n) is 5.86. The number of ether oxygens (including phenoxy) is 1. The van der Waals surface area contributed by atoms with E-state index in [1.54, 1.807) is 19.3 Å². The van der Waals surface area contributed by atoms with Gasteiger partial charge < -0.3 is 13.6 Å². The molecule has 1 aromatic carbocycles. The lowest BCUT2D eigenvalue weighted by Gasteiger charge is -2.12. The van der Waals surface area contributed by atoms with E-state index in [2.05, 4.69) is 4.98 Å². The van der Waals surface area contributed by atoms with Crippen LogP contribution < -0.4 is 0 Å². The fourth-order valence-electron chi connectivity index (χ4n) is 2.63. The topological polar surface area (TPSA) is 68.7 Å². The van der Waals surface area contributed by atoms with Crippen molar-refractivity contribution in [1.29, 1.82) is 0 Å². The van der Waals surface area contributed by atoms with Crippen molar-refractivity contribution in [2.45, 2.75) is 20.0 Å². The summed E-state index contributed by atoms with van der Waals surface area (Å²) in [5, 5.41) is 0. The van der Waals surface area contributed by atoms with Crippen molar-refractivity contribution in [2.24, 2.45) is 0 Å². The van der Waals surface area contributed by atoms with Gasteiger partial charge >= 0.3 is 5.97 Å². The predicted octanol–water partition coefficient (Wildman–Crippen LogP) is 3.66. The number of aromatic nitrogens is 1. The molecule has 0 aliphatic rings. The van der Waals surface area contributed by atoms with Gasteiger partial charge in [-0.1, -0.05) is 18.2 Å². The number of hydrogen-bond donors (Lipinski definition) is 0. The maximum atomic E-state index is 11.6. The van der Waals surface area contributed by atoms with E-state index in [9.17, 15) is 4.79 Å². The molecule has 2 heterocycles. The Labute approximate surface area is 146 Å². The second-order valence-corrected chi connectivity index (χ2v) is 5.86. The van der Waals surface area contributed by atoms with Crippen molar-refractivity contribution in [1.82, 2.24) is 9.88 Å². The lowest BCUT2D eigenvalue weighted by atomic mass is 10.2. The predicted molar refractivity (Wildman–Crippen MR) is 91.9 cm³/mol. The molecule has 0 saturated heterocycles. The van der Waals surface area contributed by atoms with Crippen LogP contribution in [0.15, 0.2) is 51.5 Å². The first-order chi connectivity index (χ1) is 12.1. The average Bonchev–Trinajstić information content (AvgIpc) is 3.21. The third-order valence-electron chi connectivity index (χ3n) is 3.80. The van der Waals surface area contributed by atoms with Crippen molar-refractivity contribution < 1.29 is 18.4 Å². The van der Waals surface area contributed by atoms with Gasteiger partial charge in [0.1, 0.15) is 23.3 Å². The van der Waals surface area contributed by atoms with E-state index >= 15 is 0 Å². The quantitative estimate of drug-likeness (QED) is 0.638. The Hall–Kier alpha value is -2.86. The molecule has 0 atom stereocenters. The van der Waals surface area contributed by atoms with Crippen LogP contribution in [0.2, 0.25) is 0 Å². The van der Waals surface area contributed by atoms with Gasteiger partial charge in [0.2, 0.25) is 5.89 Å². The lowest BCUT2D eigenvalue weighted by molar-refractivity contribution is 0.0599. The van der Waals surface area contributed by atoms with Crippen molar-refractivity contribution in [3.8, 4) is 11.5 Å². The van der Waals surface area contributed by atoms with Gasteiger partial charge in [0.05, 0.1) is 19.3 Å². The third kappa shape index (κ3) is 3.97. The number of aryl methyl sites for hydroxylation is 1. The molecule has 0 radical (unpaired) electrons. The highest BCUT2D eigenvalue weighted by Gasteiger charge is 2.17. The maximum absolute atomic E-state index is 11.6. The minimum Gasteiger partial charge on any atom is -0.465 e. The zero-order chi connectivity index (χ0) is 17.8. The number of esters is 1. The first-order valence-electron chi connectivity index (χ1n) is 7.93. The normalized spacial score (nSPS) is 11.0. The molecule has 3 aromatic rings. The summed E-state index contributed by atoms with van der Waals surface area (Å²) in [5.41, 5.74) is 2.23. The zero-order valence-electron chi connectivity index (χ0n) is 14.5. The second kappa shape index (κ2) is 7.36. The van der Waals surface area contributed by atoms with Crippen LogP contribution in [0.5, 0.6) is 0 Å². The smallest absolute Gasteiger partial charge is 0.341 e. The minimum absolute atomic E-state index is 0.390. The molecule has 0 aliphatic heterocycles. The van der Waals surface area contributed by atoms with Gasteiger partial charge in [-0.25, -0.2) is 9.78 Å². The van der Waals surface area contributed by atoms with Crippen molar-refractivity contribution in [3.63, 3.8) is 0 Å². The van der Waals surface area contributed by atoms with Gasteiger partial charge in [-0.2, -0.15) is 0 Å². The van der Waals surface area contributed by atoms with E-state index in [0.717, 1.165) is 11.3 Å². The standard InChI is InChI=1S/C19H20N2O4/c1-13-17(19(22)23-3)9-16(25-13)11-21(2)10-15-12-24-18(20-15)14-7-5-4-6-8-14/h4-9,12H,10-11H2,1-3H3. The van der Waals surface area contributed by atoms with Crippen LogP contribution in [-0.2, 0) is 17.8 Å². The zero-order valence-corrected chi connectivity index (χ0v) is 14.5. The first kappa shape index (κ1) is 17.0. The van der Waals surface area contributed by atoms with Crippen LogP contribution in [0.25, 0.3) is 11.5 Å². The Kier molecular flexibility index (Phi) is 5.00. The Balaban J connectivity index is 1.64. The number of benzene rings is 1. The van der Waals surface area contributed by atoms with Crippen molar-refractivity contribution in [3.05, 3.63) is 65.4 Å². The SMILES string of the molecule is COC(=O)c1cc(CN(C)Cc2coc(-c3ccccc3)n2)oc1C. The molecule has 25 heavy (non-hydrogen) atoms. The monoisotopic (exact) mass is 340 g/mol. The number of rotatable bonds is 6. The highest BCUT2D eigenvalue weighted by atomic mass is 16.5. The Morgan fingerprint density at radius 1 is 1.24 bits per heavy atom. The van der Waals surface area contributed by atoms with E-state index in [0.29, 0.717) is 36.1 Å². The summed E-state index contributed by atoms with van der Waals surface area (Å²) >= 11 is 0. The molecule has 130 valence electrons. The molecular weight excluding hydrogens is 320 g/mol. The Morgan fingerprint density at radius 2 is 2.00 bits per heavy atom. The number of oxazole rings is 1. The average molecular weight is 340 g/mol. The maximum Gasteiger partial charge on any atom is 0.341 e. The summed E-state index contributed by atoms with van der Waals surface area (Å²) in [4.78, 5) is 18.2. The van der Waals surface area contributed by atoms with Crippen LogP contribution in [-0.4, -0.2) is 30.0 Å². The molecule has 0 amide bonds. The molecule has 0 saturated carbocycles. The highest BCUT2D eigenvalue weighted by Crippen LogP contribution is 2.20. The van der Waals surface area contributed by atoms with E-state index in [1.807, 2.05) is 42.3 Å². The highest BCUT2D eigenvalue weighted by molar-refractivity contribution is 5.90. The number of methoxy groups -OCH3 is 1. The number of carbonyl (C=O) groups excluding carboxylic acids is 1. The largest absolute Gasteiger partial charge is 0.465 e. The van der Waals surface area contributed by atoms with Crippen LogP contribution in [0, 0.1) is 6.92 Å². The molecule has 0 bridgehead atoms. The van der Waals surface area contributed by atoms with Gasteiger partial charge in [-0.05, 0) is 32.2 Å². The summed E-state index contributed by atoms with van der Waals surface area (Å²) in [6.45, 7) is 2.90. The Morgan fingerprint density at radius 3 is 2.72 bits per heavy atom. The van der Waals surface area contributed by atoms with Gasteiger partial charge in [0, 0.05) is 12.1 Å².